The minimum Gasteiger partial charge on any atom is -0.346 e. The van der Waals surface area contributed by atoms with Crippen LogP contribution in [0.25, 0.3) is 0 Å². The third-order valence-corrected chi connectivity index (χ3v) is 4.35. The third kappa shape index (κ3) is 3.56. The van der Waals surface area contributed by atoms with Crippen LogP contribution in [0, 0.1) is 6.92 Å². The van der Waals surface area contributed by atoms with Crippen molar-refractivity contribution in [3.8, 4) is 0 Å². The normalized spacial score (nSPS) is 18.4. The molecule has 0 bridgehead atoms. The highest BCUT2D eigenvalue weighted by Gasteiger charge is 2.26. The molecule has 1 amide bonds. The van der Waals surface area contributed by atoms with E-state index in [9.17, 15) is 4.79 Å². The van der Waals surface area contributed by atoms with Crippen molar-refractivity contribution in [3.05, 3.63) is 53.6 Å². The van der Waals surface area contributed by atoms with Gasteiger partial charge in [0.2, 0.25) is 5.91 Å². The predicted octanol–water partition coefficient (Wildman–Crippen LogP) is 3.06. The summed E-state index contributed by atoms with van der Waals surface area (Å²) in [5.74, 6) is 1.64. The van der Waals surface area contributed by atoms with Gasteiger partial charge in [-0.05, 0) is 31.7 Å². The molecule has 2 aromatic rings. The third-order valence-electron chi connectivity index (χ3n) is 4.35. The quantitative estimate of drug-likeness (QED) is 0.943. The van der Waals surface area contributed by atoms with Gasteiger partial charge in [0.15, 0.2) is 0 Å². The summed E-state index contributed by atoms with van der Waals surface area (Å²) in [5.41, 5.74) is 2.31. The molecule has 0 saturated carbocycles. The van der Waals surface area contributed by atoms with Gasteiger partial charge in [-0.25, -0.2) is 4.98 Å². The first-order chi connectivity index (χ1) is 10.7. The molecule has 22 heavy (non-hydrogen) atoms. The van der Waals surface area contributed by atoms with E-state index >= 15 is 0 Å². The number of benzene rings is 1. The molecule has 0 aliphatic carbocycles. The first kappa shape index (κ1) is 14.8. The van der Waals surface area contributed by atoms with E-state index in [4.69, 9.17) is 0 Å². The standard InChI is InChI=1S/C18H23N3O/c1-14-12-19-18(20-14)16-8-5-11-21(13-16)17(22)10-9-15-6-3-2-4-7-15/h2-4,6-7,12,16H,5,8-11,13H2,1H3,(H,19,20)/t16-/m0/s1. The van der Waals surface area contributed by atoms with E-state index in [2.05, 4.69) is 22.1 Å². The van der Waals surface area contributed by atoms with Crippen LogP contribution in [0.5, 0.6) is 0 Å². The van der Waals surface area contributed by atoms with Gasteiger partial charge in [-0.2, -0.15) is 0 Å². The number of rotatable bonds is 4. The van der Waals surface area contributed by atoms with E-state index in [-0.39, 0.29) is 5.91 Å². The van der Waals surface area contributed by atoms with Crippen LogP contribution in [0.1, 0.15) is 42.3 Å². The molecule has 0 spiro atoms. The van der Waals surface area contributed by atoms with Crippen LogP contribution in [0.3, 0.4) is 0 Å². The summed E-state index contributed by atoms with van der Waals surface area (Å²) >= 11 is 0. The maximum atomic E-state index is 12.4. The second-order valence-electron chi connectivity index (χ2n) is 6.12. The molecule has 1 saturated heterocycles. The number of nitrogens with one attached hydrogen (secondary N) is 1. The summed E-state index contributed by atoms with van der Waals surface area (Å²) in [7, 11) is 0. The average molecular weight is 297 g/mol. The molecule has 0 unspecified atom stereocenters. The molecule has 1 aromatic heterocycles. The number of aromatic amines is 1. The molecule has 1 aromatic carbocycles. The number of hydrogen-bond donors (Lipinski definition) is 1. The van der Waals surface area contributed by atoms with Gasteiger partial charge in [0.25, 0.3) is 0 Å². The molecule has 1 aliphatic heterocycles. The summed E-state index contributed by atoms with van der Waals surface area (Å²) in [6, 6.07) is 10.2. The van der Waals surface area contributed by atoms with E-state index in [0.717, 1.165) is 43.9 Å². The number of hydrogen-bond acceptors (Lipinski definition) is 2. The topological polar surface area (TPSA) is 49.0 Å². The number of piperidine rings is 1. The highest BCUT2D eigenvalue weighted by molar-refractivity contribution is 5.76. The van der Waals surface area contributed by atoms with E-state index in [0.29, 0.717) is 12.3 Å². The van der Waals surface area contributed by atoms with E-state index in [1.54, 1.807) is 0 Å². The van der Waals surface area contributed by atoms with Crippen LogP contribution < -0.4 is 0 Å². The van der Waals surface area contributed by atoms with E-state index < -0.39 is 0 Å². The largest absolute Gasteiger partial charge is 0.346 e. The first-order valence-electron chi connectivity index (χ1n) is 8.05. The molecular formula is C18H23N3O. The lowest BCUT2D eigenvalue weighted by atomic mass is 9.97. The Labute approximate surface area is 131 Å². The predicted molar refractivity (Wildman–Crippen MR) is 86.6 cm³/mol. The van der Waals surface area contributed by atoms with Crippen LogP contribution in [-0.2, 0) is 11.2 Å². The fourth-order valence-electron chi connectivity index (χ4n) is 3.12. The zero-order valence-corrected chi connectivity index (χ0v) is 13.1. The first-order valence-corrected chi connectivity index (χ1v) is 8.05. The number of carbonyl (C=O) groups is 1. The van der Waals surface area contributed by atoms with Crippen LogP contribution in [0.15, 0.2) is 36.5 Å². The summed E-state index contributed by atoms with van der Waals surface area (Å²) in [6.45, 7) is 3.69. The number of nitrogens with zero attached hydrogens (tertiary/aromatic N) is 2. The molecule has 4 heteroatoms. The number of aromatic nitrogens is 2. The van der Waals surface area contributed by atoms with Gasteiger partial charge < -0.3 is 9.88 Å². The number of H-pyrrole nitrogens is 1. The van der Waals surface area contributed by atoms with Crippen molar-refractivity contribution < 1.29 is 4.79 Å². The Morgan fingerprint density at radius 2 is 2.18 bits per heavy atom. The van der Waals surface area contributed by atoms with E-state index in [1.807, 2.05) is 36.2 Å². The SMILES string of the molecule is Cc1cnc([C@H]2CCCN(C(=O)CCc3ccccc3)C2)[nH]1. The molecule has 4 nitrogen and oxygen atoms in total. The van der Waals surface area contributed by atoms with Gasteiger partial charge in [0, 0.05) is 37.3 Å². The second-order valence-corrected chi connectivity index (χ2v) is 6.12. The molecule has 2 heterocycles. The molecule has 1 fully saturated rings. The Morgan fingerprint density at radius 3 is 2.91 bits per heavy atom. The molecule has 1 N–H and O–H groups in total. The minimum atomic E-state index is 0.261. The average Bonchev–Trinajstić information content (AvgIpc) is 3.00. The molecule has 3 rings (SSSR count). The van der Waals surface area contributed by atoms with Gasteiger partial charge in [-0.15, -0.1) is 0 Å². The van der Waals surface area contributed by atoms with Crippen molar-refractivity contribution in [1.82, 2.24) is 14.9 Å². The lowest BCUT2D eigenvalue weighted by Crippen LogP contribution is -2.39. The number of carbonyl (C=O) groups excluding carboxylic acids is 1. The Balaban J connectivity index is 1.56. The molecule has 1 atom stereocenters. The lowest BCUT2D eigenvalue weighted by molar-refractivity contribution is -0.132. The summed E-state index contributed by atoms with van der Waals surface area (Å²) in [4.78, 5) is 22.2. The van der Waals surface area contributed by atoms with Crippen LogP contribution >= 0.6 is 0 Å². The Bertz CT molecular complexity index is 620. The zero-order valence-electron chi connectivity index (χ0n) is 13.1. The maximum absolute atomic E-state index is 12.4. The molecular weight excluding hydrogens is 274 g/mol. The van der Waals surface area contributed by atoms with Gasteiger partial charge in [0.05, 0.1) is 0 Å². The number of amides is 1. The lowest BCUT2D eigenvalue weighted by Gasteiger charge is -2.32. The van der Waals surface area contributed by atoms with Crippen LogP contribution in [0.2, 0.25) is 0 Å². The van der Waals surface area contributed by atoms with Crippen molar-refractivity contribution >= 4 is 5.91 Å². The Kier molecular flexibility index (Phi) is 4.56. The van der Waals surface area contributed by atoms with Gasteiger partial charge in [0.1, 0.15) is 5.82 Å². The Hall–Kier alpha value is -2.10. The van der Waals surface area contributed by atoms with Gasteiger partial charge in [-0.1, -0.05) is 30.3 Å². The van der Waals surface area contributed by atoms with Crippen molar-refractivity contribution in [1.29, 1.82) is 0 Å². The number of imidazole rings is 1. The monoisotopic (exact) mass is 297 g/mol. The number of aryl methyl sites for hydroxylation is 2. The molecule has 116 valence electrons. The van der Waals surface area contributed by atoms with Crippen molar-refractivity contribution in [2.45, 2.75) is 38.5 Å². The molecule has 1 aliphatic rings. The fourth-order valence-corrected chi connectivity index (χ4v) is 3.12. The maximum Gasteiger partial charge on any atom is 0.222 e. The van der Waals surface area contributed by atoms with Crippen molar-refractivity contribution in [2.75, 3.05) is 13.1 Å². The zero-order chi connectivity index (χ0) is 15.4. The van der Waals surface area contributed by atoms with E-state index in [1.165, 1.54) is 5.56 Å². The fraction of sp³-hybridized carbons (Fsp3) is 0.444. The van der Waals surface area contributed by atoms with Gasteiger partial charge in [-0.3, -0.25) is 4.79 Å². The van der Waals surface area contributed by atoms with Crippen LogP contribution in [0.4, 0.5) is 0 Å². The Morgan fingerprint density at radius 1 is 1.36 bits per heavy atom. The minimum absolute atomic E-state index is 0.261. The van der Waals surface area contributed by atoms with Gasteiger partial charge >= 0.3 is 0 Å². The summed E-state index contributed by atoms with van der Waals surface area (Å²) < 4.78 is 0. The van der Waals surface area contributed by atoms with Crippen LogP contribution in [-0.4, -0.2) is 33.9 Å². The van der Waals surface area contributed by atoms with Crippen molar-refractivity contribution in [2.24, 2.45) is 0 Å². The number of likely N-dealkylation sites (tertiary alicyclic amines) is 1. The second kappa shape index (κ2) is 6.77. The van der Waals surface area contributed by atoms with Crippen molar-refractivity contribution in [3.63, 3.8) is 0 Å². The summed E-state index contributed by atoms with van der Waals surface area (Å²) in [6.07, 6.45) is 5.44. The molecule has 0 radical (unpaired) electrons. The highest BCUT2D eigenvalue weighted by Crippen LogP contribution is 2.25. The smallest absolute Gasteiger partial charge is 0.222 e. The summed E-state index contributed by atoms with van der Waals surface area (Å²) in [5, 5.41) is 0. The highest BCUT2D eigenvalue weighted by atomic mass is 16.2.